The van der Waals surface area contributed by atoms with Gasteiger partial charge in [0, 0.05) is 40.0 Å². The lowest BCUT2D eigenvalue weighted by Gasteiger charge is -2.35. The van der Waals surface area contributed by atoms with Gasteiger partial charge in [-0.25, -0.2) is 0 Å². The summed E-state index contributed by atoms with van der Waals surface area (Å²) < 4.78 is 5.38. The summed E-state index contributed by atoms with van der Waals surface area (Å²) in [6.45, 7) is 8.21. The standard InChI is InChI=1S/C26H32N2O3/c1-6-8-17(2)25(30)27-20-10-7-9-18(13-20)24(29)15-23-22-14-21(31-5)12-11-19(22)16-26(3,4)28-23/h7,9-15,17,28H,6,8,16H2,1-5H3,(H,27,30). The Morgan fingerprint density at radius 2 is 2.00 bits per heavy atom. The van der Waals surface area contributed by atoms with Crippen LogP contribution in [0.25, 0.3) is 5.70 Å². The molecule has 5 heteroatoms. The zero-order valence-corrected chi connectivity index (χ0v) is 19.0. The van der Waals surface area contributed by atoms with E-state index in [1.54, 1.807) is 31.4 Å². The van der Waals surface area contributed by atoms with Gasteiger partial charge in [-0.1, -0.05) is 38.5 Å². The predicted molar refractivity (Wildman–Crippen MR) is 125 cm³/mol. The highest BCUT2D eigenvalue weighted by molar-refractivity contribution is 6.09. The number of carbonyl (C=O) groups excluding carboxylic acids is 2. The van der Waals surface area contributed by atoms with E-state index in [9.17, 15) is 9.59 Å². The topological polar surface area (TPSA) is 67.4 Å². The highest BCUT2D eigenvalue weighted by Gasteiger charge is 2.28. The molecule has 5 nitrogen and oxygen atoms in total. The molecular weight excluding hydrogens is 388 g/mol. The molecule has 3 rings (SSSR count). The molecule has 1 atom stereocenters. The van der Waals surface area contributed by atoms with Crippen molar-refractivity contribution in [3.8, 4) is 5.75 Å². The fourth-order valence-electron chi connectivity index (χ4n) is 3.95. The summed E-state index contributed by atoms with van der Waals surface area (Å²) in [6, 6.07) is 13.1. The average molecular weight is 421 g/mol. The van der Waals surface area contributed by atoms with Crippen LogP contribution >= 0.6 is 0 Å². The van der Waals surface area contributed by atoms with Gasteiger partial charge in [0.05, 0.1) is 7.11 Å². The lowest BCUT2D eigenvalue weighted by molar-refractivity contribution is -0.119. The first-order valence-corrected chi connectivity index (χ1v) is 10.8. The molecule has 0 saturated heterocycles. The van der Waals surface area contributed by atoms with Gasteiger partial charge in [-0.3, -0.25) is 9.59 Å². The number of ketones is 1. The Morgan fingerprint density at radius 1 is 1.23 bits per heavy atom. The Bertz CT molecular complexity index is 1010. The average Bonchev–Trinajstić information content (AvgIpc) is 2.73. The Labute approximate surface area is 184 Å². The largest absolute Gasteiger partial charge is 0.497 e. The molecule has 0 aromatic heterocycles. The molecule has 1 aliphatic heterocycles. The summed E-state index contributed by atoms with van der Waals surface area (Å²) in [6.07, 6.45) is 4.28. The van der Waals surface area contributed by atoms with Crippen LogP contribution in [0.4, 0.5) is 5.69 Å². The third-order valence-corrected chi connectivity index (χ3v) is 5.57. The number of rotatable bonds is 7. The van der Waals surface area contributed by atoms with Crippen LogP contribution in [0.2, 0.25) is 0 Å². The Hall–Kier alpha value is -3.08. The van der Waals surface area contributed by atoms with Gasteiger partial charge in [-0.15, -0.1) is 0 Å². The summed E-state index contributed by atoms with van der Waals surface area (Å²) in [4.78, 5) is 25.4. The fraction of sp³-hybridized carbons (Fsp3) is 0.385. The van der Waals surface area contributed by atoms with Gasteiger partial charge >= 0.3 is 0 Å². The van der Waals surface area contributed by atoms with Crippen LogP contribution in [0, 0.1) is 5.92 Å². The minimum Gasteiger partial charge on any atom is -0.497 e. The summed E-state index contributed by atoms with van der Waals surface area (Å²) in [5.74, 6) is 0.546. The van der Waals surface area contributed by atoms with Crippen molar-refractivity contribution in [2.75, 3.05) is 12.4 Å². The minimum atomic E-state index is -0.168. The molecule has 1 aliphatic rings. The molecule has 0 saturated carbocycles. The highest BCUT2D eigenvalue weighted by Crippen LogP contribution is 2.32. The SMILES string of the molecule is CCCC(C)C(=O)Nc1cccc(C(=O)C=C2NC(C)(C)Cc3ccc(OC)cc32)c1. The van der Waals surface area contributed by atoms with E-state index in [4.69, 9.17) is 4.74 Å². The molecule has 1 heterocycles. The highest BCUT2D eigenvalue weighted by atomic mass is 16.5. The first kappa shape index (κ1) is 22.6. The Morgan fingerprint density at radius 3 is 2.71 bits per heavy atom. The van der Waals surface area contributed by atoms with E-state index in [0.29, 0.717) is 11.3 Å². The number of allylic oxidation sites excluding steroid dienone is 1. The molecule has 2 aromatic carbocycles. The van der Waals surface area contributed by atoms with Crippen molar-refractivity contribution in [2.24, 2.45) is 5.92 Å². The number of methoxy groups -OCH3 is 1. The van der Waals surface area contributed by atoms with Gasteiger partial charge in [0.1, 0.15) is 5.75 Å². The van der Waals surface area contributed by atoms with E-state index in [1.165, 1.54) is 5.56 Å². The maximum absolute atomic E-state index is 13.1. The number of fused-ring (bicyclic) bond motifs is 1. The van der Waals surface area contributed by atoms with E-state index in [0.717, 1.165) is 36.3 Å². The zero-order chi connectivity index (χ0) is 22.6. The summed E-state index contributed by atoms with van der Waals surface area (Å²) >= 11 is 0. The number of hydrogen-bond donors (Lipinski definition) is 2. The molecule has 2 aromatic rings. The maximum atomic E-state index is 13.1. The van der Waals surface area contributed by atoms with Gasteiger partial charge in [0.15, 0.2) is 5.78 Å². The maximum Gasteiger partial charge on any atom is 0.227 e. The molecule has 0 bridgehead atoms. The number of benzene rings is 2. The number of ether oxygens (including phenoxy) is 1. The lowest BCUT2D eigenvalue weighted by Crippen LogP contribution is -2.43. The van der Waals surface area contributed by atoms with Crippen LogP contribution in [-0.4, -0.2) is 24.3 Å². The first-order valence-electron chi connectivity index (χ1n) is 10.8. The third-order valence-electron chi connectivity index (χ3n) is 5.57. The third kappa shape index (κ3) is 5.54. The fourth-order valence-corrected chi connectivity index (χ4v) is 3.95. The summed E-state index contributed by atoms with van der Waals surface area (Å²) in [5, 5.41) is 6.42. The van der Waals surface area contributed by atoms with E-state index >= 15 is 0 Å². The van der Waals surface area contributed by atoms with Crippen molar-refractivity contribution >= 4 is 23.1 Å². The molecule has 1 unspecified atom stereocenters. The van der Waals surface area contributed by atoms with Crippen LogP contribution in [0.3, 0.4) is 0 Å². The van der Waals surface area contributed by atoms with E-state index in [1.807, 2.05) is 25.1 Å². The van der Waals surface area contributed by atoms with Crippen molar-refractivity contribution in [1.29, 1.82) is 0 Å². The van der Waals surface area contributed by atoms with Gasteiger partial charge in [-0.05, 0) is 56.5 Å². The first-order chi connectivity index (χ1) is 14.7. The van der Waals surface area contributed by atoms with Crippen molar-refractivity contribution < 1.29 is 14.3 Å². The van der Waals surface area contributed by atoms with Crippen LogP contribution in [0.1, 0.15) is 62.0 Å². The van der Waals surface area contributed by atoms with E-state index in [2.05, 4.69) is 37.5 Å². The van der Waals surface area contributed by atoms with Gasteiger partial charge < -0.3 is 15.4 Å². The second-order valence-corrected chi connectivity index (χ2v) is 8.89. The van der Waals surface area contributed by atoms with Crippen LogP contribution in [0.15, 0.2) is 48.5 Å². The molecule has 0 fully saturated rings. The number of carbonyl (C=O) groups is 2. The second kappa shape index (κ2) is 9.38. The van der Waals surface area contributed by atoms with Crippen LogP contribution < -0.4 is 15.4 Å². The quantitative estimate of drug-likeness (QED) is 0.476. The van der Waals surface area contributed by atoms with Crippen molar-refractivity contribution in [3.05, 3.63) is 65.2 Å². The molecular formula is C26H32N2O3. The minimum absolute atomic E-state index is 0.0264. The number of nitrogens with one attached hydrogen (secondary N) is 2. The van der Waals surface area contributed by atoms with Gasteiger partial charge in [0.25, 0.3) is 0 Å². The molecule has 31 heavy (non-hydrogen) atoms. The van der Waals surface area contributed by atoms with Crippen LogP contribution in [-0.2, 0) is 11.2 Å². The van der Waals surface area contributed by atoms with Crippen molar-refractivity contribution in [2.45, 2.75) is 52.5 Å². The predicted octanol–water partition coefficient (Wildman–Crippen LogP) is 5.22. The molecule has 0 aliphatic carbocycles. The monoisotopic (exact) mass is 420 g/mol. The van der Waals surface area contributed by atoms with Crippen LogP contribution in [0.5, 0.6) is 5.75 Å². The number of anilines is 1. The molecule has 2 N–H and O–H groups in total. The summed E-state index contributed by atoms with van der Waals surface area (Å²) in [7, 11) is 1.64. The molecule has 164 valence electrons. The molecule has 1 amide bonds. The number of amides is 1. The molecule has 0 spiro atoms. The van der Waals surface area contributed by atoms with E-state index < -0.39 is 0 Å². The second-order valence-electron chi connectivity index (χ2n) is 8.89. The smallest absolute Gasteiger partial charge is 0.227 e. The number of hydrogen-bond acceptors (Lipinski definition) is 4. The van der Waals surface area contributed by atoms with Crippen molar-refractivity contribution in [3.63, 3.8) is 0 Å². The summed E-state index contributed by atoms with van der Waals surface area (Å²) in [5.41, 5.74) is 3.93. The van der Waals surface area contributed by atoms with Gasteiger partial charge in [0.2, 0.25) is 5.91 Å². The van der Waals surface area contributed by atoms with Gasteiger partial charge in [-0.2, -0.15) is 0 Å². The zero-order valence-electron chi connectivity index (χ0n) is 19.0. The normalized spacial score (nSPS) is 16.7. The Kier molecular flexibility index (Phi) is 6.84. The molecule has 0 radical (unpaired) electrons. The van der Waals surface area contributed by atoms with E-state index in [-0.39, 0.29) is 23.1 Å². The lowest BCUT2D eigenvalue weighted by atomic mass is 9.85. The van der Waals surface area contributed by atoms with Crippen molar-refractivity contribution in [1.82, 2.24) is 5.32 Å². The Balaban J connectivity index is 1.88.